The standard InChI is InChI=1S/C51H30N4O/c1-3-14-31(15-4-1)49-52-50(32-16-5-2-6-17-32)54-51(53-49)42-24-13-23-39-40-28-29-45-46(48(40)56-47(39)42)41-22-11-12-25-44(41)55(45)33-26-27-38-36-20-8-7-18-34(36)35-19-9-10-21-37(35)43(38)30-33/h1-30H. The second kappa shape index (κ2) is 11.9. The molecule has 0 saturated heterocycles. The lowest BCUT2D eigenvalue weighted by Gasteiger charge is -2.13. The van der Waals surface area contributed by atoms with Gasteiger partial charge in [-0.2, -0.15) is 0 Å². The molecule has 0 radical (unpaired) electrons. The summed E-state index contributed by atoms with van der Waals surface area (Å²) in [7, 11) is 0. The van der Waals surface area contributed by atoms with Crippen molar-refractivity contribution >= 4 is 76.1 Å². The fraction of sp³-hybridized carbons (Fsp3) is 0. The van der Waals surface area contributed by atoms with Gasteiger partial charge < -0.3 is 8.98 Å². The number of hydrogen-bond acceptors (Lipinski definition) is 4. The van der Waals surface area contributed by atoms with Crippen LogP contribution >= 0.6 is 0 Å². The minimum Gasteiger partial charge on any atom is -0.455 e. The third-order valence-electron chi connectivity index (χ3n) is 11.2. The molecule has 9 aromatic carbocycles. The molecule has 12 rings (SSSR count). The highest BCUT2D eigenvalue weighted by Crippen LogP contribution is 2.44. The van der Waals surface area contributed by atoms with Crippen molar-refractivity contribution in [1.29, 1.82) is 0 Å². The summed E-state index contributed by atoms with van der Waals surface area (Å²) in [6.07, 6.45) is 0. The lowest BCUT2D eigenvalue weighted by molar-refractivity contribution is 0.673. The summed E-state index contributed by atoms with van der Waals surface area (Å²) >= 11 is 0. The highest BCUT2D eigenvalue weighted by Gasteiger charge is 2.22. The number of rotatable bonds is 4. The summed E-state index contributed by atoms with van der Waals surface area (Å²) in [6.45, 7) is 0. The summed E-state index contributed by atoms with van der Waals surface area (Å²) in [6, 6.07) is 63.8. The third-order valence-corrected chi connectivity index (χ3v) is 11.2. The van der Waals surface area contributed by atoms with Crippen LogP contribution in [0.4, 0.5) is 0 Å². The van der Waals surface area contributed by atoms with Crippen molar-refractivity contribution in [1.82, 2.24) is 19.5 Å². The number of furan rings is 1. The van der Waals surface area contributed by atoms with Crippen LogP contribution in [0.25, 0.3) is 116 Å². The predicted octanol–water partition coefficient (Wildman–Crippen LogP) is 13.3. The molecule has 0 fully saturated rings. The molecule has 0 N–H and O–H groups in total. The van der Waals surface area contributed by atoms with E-state index in [-0.39, 0.29) is 0 Å². The first-order valence-electron chi connectivity index (χ1n) is 18.9. The molecule has 0 spiro atoms. The van der Waals surface area contributed by atoms with Gasteiger partial charge in [0, 0.05) is 33.0 Å². The third kappa shape index (κ3) is 4.52. The fourth-order valence-electron chi connectivity index (χ4n) is 8.73. The van der Waals surface area contributed by atoms with Gasteiger partial charge in [0.1, 0.15) is 11.2 Å². The highest BCUT2D eigenvalue weighted by atomic mass is 16.3. The number of aromatic nitrogens is 4. The van der Waals surface area contributed by atoms with E-state index in [2.05, 4.69) is 120 Å². The number of nitrogens with zero attached hydrogens (tertiary/aromatic N) is 4. The molecular weight excluding hydrogens is 685 g/mol. The van der Waals surface area contributed by atoms with Gasteiger partial charge in [0.25, 0.3) is 0 Å². The van der Waals surface area contributed by atoms with Crippen molar-refractivity contribution in [2.75, 3.05) is 0 Å². The predicted molar refractivity (Wildman–Crippen MR) is 230 cm³/mol. The van der Waals surface area contributed by atoms with Crippen molar-refractivity contribution in [3.63, 3.8) is 0 Å². The molecule has 3 heterocycles. The summed E-state index contributed by atoms with van der Waals surface area (Å²) < 4.78 is 9.44. The number of hydrogen-bond donors (Lipinski definition) is 0. The first-order chi connectivity index (χ1) is 27.8. The van der Waals surface area contributed by atoms with Crippen LogP contribution in [0.5, 0.6) is 0 Å². The van der Waals surface area contributed by atoms with Crippen molar-refractivity contribution < 1.29 is 4.42 Å². The van der Waals surface area contributed by atoms with Crippen molar-refractivity contribution in [2.24, 2.45) is 0 Å². The Kier molecular flexibility index (Phi) is 6.56. The van der Waals surface area contributed by atoms with E-state index in [9.17, 15) is 0 Å². The van der Waals surface area contributed by atoms with E-state index in [4.69, 9.17) is 19.4 Å². The number of para-hydroxylation sites is 2. The van der Waals surface area contributed by atoms with E-state index in [0.717, 1.165) is 66.1 Å². The van der Waals surface area contributed by atoms with Crippen LogP contribution in [0, 0.1) is 0 Å². The summed E-state index contributed by atoms with van der Waals surface area (Å²) in [5.74, 6) is 1.80. The molecule has 0 unspecified atom stereocenters. The van der Waals surface area contributed by atoms with Crippen LogP contribution in [0.1, 0.15) is 0 Å². The quantitative estimate of drug-likeness (QED) is 0.170. The van der Waals surface area contributed by atoms with E-state index < -0.39 is 0 Å². The van der Waals surface area contributed by atoms with Gasteiger partial charge in [-0.25, -0.2) is 15.0 Å². The Balaban J connectivity index is 1.11. The van der Waals surface area contributed by atoms with E-state index in [1.54, 1.807) is 0 Å². The Hall–Kier alpha value is -7.63. The SMILES string of the molecule is c1ccc(-c2nc(-c3ccccc3)nc(-c3cccc4c3oc3c4ccc4c3c3ccccc3n4-c3ccc4c5ccccc5c5ccccc5c4c3)n2)cc1. The molecule has 12 aromatic rings. The molecule has 5 nitrogen and oxygen atoms in total. The molecule has 0 saturated carbocycles. The minimum absolute atomic E-state index is 0.567. The molecule has 0 atom stereocenters. The summed E-state index contributed by atoms with van der Waals surface area (Å²) in [4.78, 5) is 15.0. The normalized spacial score (nSPS) is 11.9. The summed E-state index contributed by atoms with van der Waals surface area (Å²) in [5.41, 5.74) is 7.58. The van der Waals surface area contributed by atoms with Crippen molar-refractivity contribution in [2.45, 2.75) is 0 Å². The van der Waals surface area contributed by atoms with Gasteiger partial charge in [0.2, 0.25) is 0 Å². The topological polar surface area (TPSA) is 56.7 Å². The van der Waals surface area contributed by atoms with Gasteiger partial charge >= 0.3 is 0 Å². The summed E-state index contributed by atoms with van der Waals surface area (Å²) in [5, 5.41) is 11.8. The Bertz CT molecular complexity index is 3440. The van der Waals surface area contributed by atoms with Crippen molar-refractivity contribution in [3.8, 4) is 39.9 Å². The Morgan fingerprint density at radius 2 is 0.839 bits per heavy atom. The second-order valence-electron chi connectivity index (χ2n) is 14.3. The lowest BCUT2D eigenvalue weighted by atomic mass is 9.94. The smallest absolute Gasteiger partial charge is 0.167 e. The maximum atomic E-state index is 7.06. The van der Waals surface area contributed by atoms with Crippen LogP contribution in [0.2, 0.25) is 0 Å². The minimum atomic E-state index is 0.567. The first-order valence-corrected chi connectivity index (χ1v) is 18.9. The van der Waals surface area contributed by atoms with E-state index in [0.29, 0.717) is 17.5 Å². The van der Waals surface area contributed by atoms with Crippen LogP contribution in [0.3, 0.4) is 0 Å². The molecule has 0 bridgehead atoms. The Morgan fingerprint density at radius 1 is 0.339 bits per heavy atom. The Morgan fingerprint density at radius 3 is 1.50 bits per heavy atom. The molecular formula is C51H30N4O. The Labute approximate surface area is 320 Å². The van der Waals surface area contributed by atoms with Gasteiger partial charge in [-0.1, -0.05) is 146 Å². The van der Waals surface area contributed by atoms with Gasteiger partial charge in [0.15, 0.2) is 17.5 Å². The van der Waals surface area contributed by atoms with E-state index in [1.807, 2.05) is 66.7 Å². The maximum Gasteiger partial charge on any atom is 0.167 e. The molecule has 3 aromatic heterocycles. The van der Waals surface area contributed by atoms with Crippen molar-refractivity contribution in [3.05, 3.63) is 182 Å². The van der Waals surface area contributed by atoms with Crippen LogP contribution in [-0.4, -0.2) is 19.5 Å². The van der Waals surface area contributed by atoms with Gasteiger partial charge in [-0.3, -0.25) is 0 Å². The zero-order valence-electron chi connectivity index (χ0n) is 30.0. The molecule has 0 aliphatic rings. The zero-order valence-corrected chi connectivity index (χ0v) is 30.0. The monoisotopic (exact) mass is 714 g/mol. The number of fused-ring (bicyclic) bond motifs is 13. The average molecular weight is 715 g/mol. The van der Waals surface area contributed by atoms with Crippen LogP contribution in [-0.2, 0) is 0 Å². The molecule has 0 aliphatic carbocycles. The van der Waals surface area contributed by atoms with Gasteiger partial charge in [0.05, 0.1) is 22.0 Å². The largest absolute Gasteiger partial charge is 0.455 e. The van der Waals surface area contributed by atoms with Gasteiger partial charge in [-0.15, -0.1) is 0 Å². The average Bonchev–Trinajstić information content (AvgIpc) is 3.83. The highest BCUT2D eigenvalue weighted by molar-refractivity contribution is 6.27. The molecule has 0 aliphatic heterocycles. The fourth-order valence-corrected chi connectivity index (χ4v) is 8.73. The number of benzene rings is 9. The van der Waals surface area contributed by atoms with Crippen LogP contribution in [0.15, 0.2) is 186 Å². The van der Waals surface area contributed by atoms with E-state index in [1.165, 1.54) is 32.3 Å². The molecule has 260 valence electrons. The first kappa shape index (κ1) is 30.8. The van der Waals surface area contributed by atoms with E-state index >= 15 is 0 Å². The molecule has 56 heavy (non-hydrogen) atoms. The van der Waals surface area contributed by atoms with Gasteiger partial charge in [-0.05, 0) is 68.7 Å². The lowest BCUT2D eigenvalue weighted by Crippen LogP contribution is -2.00. The zero-order chi connectivity index (χ0) is 36.7. The second-order valence-corrected chi connectivity index (χ2v) is 14.3. The van der Waals surface area contributed by atoms with Crippen LogP contribution < -0.4 is 0 Å². The molecule has 5 heteroatoms. The maximum absolute atomic E-state index is 7.06. The molecule has 0 amide bonds.